The number of aromatic nitrogens is 2. The van der Waals surface area contributed by atoms with Crippen molar-refractivity contribution in [3.8, 4) is 0 Å². The number of piperazine rings is 1. The molecule has 38 heavy (non-hydrogen) atoms. The minimum Gasteiger partial charge on any atom is -0.361 e. The fourth-order valence-electron chi connectivity index (χ4n) is 5.36. The molecule has 1 aliphatic rings. The fourth-order valence-corrected chi connectivity index (χ4v) is 5.69. The van der Waals surface area contributed by atoms with E-state index in [9.17, 15) is 13.6 Å². The van der Waals surface area contributed by atoms with Crippen molar-refractivity contribution < 1.29 is 8.78 Å². The second kappa shape index (κ2) is 10.2. The third-order valence-electron chi connectivity index (χ3n) is 7.28. The normalized spacial score (nSPS) is 18.2. The topological polar surface area (TPSA) is 45.7 Å². The SMILES string of the molecule is [C-]#[N+]c1ccc2c(n1)c(N1C[C@@H](C)N(C(c3ccc(F)cc3)c3ccc(F)cc3)C[C@@H]1C)c(Cl)c(=O)n2C. The highest BCUT2D eigenvalue weighted by atomic mass is 35.5. The van der Waals surface area contributed by atoms with Gasteiger partial charge >= 0.3 is 0 Å². The summed E-state index contributed by atoms with van der Waals surface area (Å²) in [5.74, 6) is -0.423. The summed E-state index contributed by atoms with van der Waals surface area (Å²) in [5.41, 5.74) is 3.09. The molecule has 0 bridgehead atoms. The Morgan fingerprint density at radius 3 is 2.08 bits per heavy atom. The predicted octanol–water partition coefficient (Wildman–Crippen LogP) is 6.10. The third-order valence-corrected chi connectivity index (χ3v) is 7.62. The van der Waals surface area contributed by atoms with Gasteiger partial charge in [0.1, 0.15) is 22.3 Å². The molecule has 194 valence electrons. The second-order valence-electron chi connectivity index (χ2n) is 9.73. The Hall–Kier alpha value is -3.80. The average molecular weight is 534 g/mol. The van der Waals surface area contributed by atoms with Gasteiger partial charge in [-0.25, -0.2) is 8.78 Å². The molecule has 0 amide bonds. The largest absolute Gasteiger partial charge is 0.361 e. The molecule has 5 rings (SSSR count). The van der Waals surface area contributed by atoms with Gasteiger partial charge in [-0.1, -0.05) is 42.4 Å². The number of rotatable bonds is 4. The highest BCUT2D eigenvalue weighted by Gasteiger charge is 2.37. The van der Waals surface area contributed by atoms with Gasteiger partial charge in [-0.3, -0.25) is 9.69 Å². The van der Waals surface area contributed by atoms with E-state index < -0.39 is 0 Å². The van der Waals surface area contributed by atoms with Crippen LogP contribution in [0, 0.1) is 18.2 Å². The molecule has 6 nitrogen and oxygen atoms in total. The Labute approximate surface area is 224 Å². The highest BCUT2D eigenvalue weighted by molar-refractivity contribution is 6.34. The second-order valence-corrected chi connectivity index (χ2v) is 10.1. The van der Waals surface area contributed by atoms with Crippen molar-refractivity contribution in [2.45, 2.75) is 32.0 Å². The lowest BCUT2D eigenvalue weighted by atomic mass is 9.93. The highest BCUT2D eigenvalue weighted by Crippen LogP contribution is 2.38. The summed E-state index contributed by atoms with van der Waals surface area (Å²) in [6.45, 7) is 12.6. The van der Waals surface area contributed by atoms with E-state index in [4.69, 9.17) is 18.2 Å². The van der Waals surface area contributed by atoms with Gasteiger partial charge in [-0.15, -0.1) is 4.98 Å². The van der Waals surface area contributed by atoms with Crippen molar-refractivity contribution in [1.29, 1.82) is 0 Å². The molecule has 2 atom stereocenters. The van der Waals surface area contributed by atoms with Crippen molar-refractivity contribution in [3.05, 3.63) is 110 Å². The van der Waals surface area contributed by atoms with Crippen LogP contribution in [0.5, 0.6) is 0 Å². The van der Waals surface area contributed by atoms with Crippen LogP contribution in [-0.2, 0) is 7.05 Å². The molecule has 0 aliphatic carbocycles. The van der Waals surface area contributed by atoms with Gasteiger partial charge in [-0.05, 0) is 61.4 Å². The molecule has 4 aromatic rings. The number of anilines is 1. The van der Waals surface area contributed by atoms with E-state index in [1.165, 1.54) is 28.8 Å². The quantitative estimate of drug-likeness (QED) is 0.297. The molecule has 1 saturated heterocycles. The zero-order valence-electron chi connectivity index (χ0n) is 21.2. The van der Waals surface area contributed by atoms with Crippen LogP contribution in [0.2, 0.25) is 5.02 Å². The predicted molar refractivity (Wildman–Crippen MR) is 146 cm³/mol. The van der Waals surface area contributed by atoms with Crippen LogP contribution >= 0.6 is 11.6 Å². The van der Waals surface area contributed by atoms with E-state index in [-0.39, 0.29) is 46.2 Å². The summed E-state index contributed by atoms with van der Waals surface area (Å²) < 4.78 is 29.0. The van der Waals surface area contributed by atoms with Crippen molar-refractivity contribution in [1.82, 2.24) is 14.5 Å². The molecule has 0 unspecified atom stereocenters. The molecule has 0 N–H and O–H groups in total. The molecule has 0 spiro atoms. The van der Waals surface area contributed by atoms with Crippen LogP contribution < -0.4 is 10.5 Å². The summed E-state index contributed by atoms with van der Waals surface area (Å²) in [6, 6.07) is 15.7. The first-order chi connectivity index (χ1) is 18.2. The Kier molecular flexibility index (Phi) is 6.91. The molecule has 2 aromatic carbocycles. The van der Waals surface area contributed by atoms with Gasteiger partial charge in [0.15, 0.2) is 0 Å². The number of benzene rings is 2. The van der Waals surface area contributed by atoms with Gasteiger partial charge in [0.2, 0.25) is 5.52 Å². The summed E-state index contributed by atoms with van der Waals surface area (Å²) in [7, 11) is 1.64. The third kappa shape index (κ3) is 4.53. The van der Waals surface area contributed by atoms with Gasteiger partial charge in [0, 0.05) is 32.2 Å². The maximum Gasteiger partial charge on any atom is 0.271 e. The lowest BCUT2D eigenvalue weighted by Gasteiger charge is -2.48. The van der Waals surface area contributed by atoms with Crippen LogP contribution in [0.1, 0.15) is 31.0 Å². The zero-order valence-corrected chi connectivity index (χ0v) is 22.0. The van der Waals surface area contributed by atoms with E-state index in [0.29, 0.717) is 29.8 Å². The summed E-state index contributed by atoms with van der Waals surface area (Å²) in [4.78, 5) is 25.4. The summed E-state index contributed by atoms with van der Waals surface area (Å²) >= 11 is 6.66. The maximum absolute atomic E-state index is 13.8. The number of fused-ring (bicyclic) bond motifs is 1. The van der Waals surface area contributed by atoms with Crippen LogP contribution in [-0.4, -0.2) is 39.6 Å². The van der Waals surface area contributed by atoms with Crippen molar-refractivity contribution in [2.75, 3.05) is 18.0 Å². The Bertz CT molecular complexity index is 1550. The first-order valence-corrected chi connectivity index (χ1v) is 12.7. The molecule has 2 aromatic heterocycles. The van der Waals surface area contributed by atoms with E-state index >= 15 is 0 Å². The van der Waals surface area contributed by atoms with Gasteiger partial charge in [-0.2, -0.15) is 0 Å². The smallest absolute Gasteiger partial charge is 0.271 e. The Morgan fingerprint density at radius 1 is 0.947 bits per heavy atom. The summed E-state index contributed by atoms with van der Waals surface area (Å²) in [5, 5.41) is 0.0655. The van der Waals surface area contributed by atoms with Gasteiger partial charge in [0.25, 0.3) is 11.4 Å². The fraction of sp³-hybridized carbons (Fsp3) is 0.276. The van der Waals surface area contributed by atoms with Crippen molar-refractivity contribution in [2.24, 2.45) is 7.05 Å². The average Bonchev–Trinajstić information content (AvgIpc) is 2.91. The number of hydrogen-bond donors (Lipinski definition) is 0. The zero-order chi connectivity index (χ0) is 27.1. The summed E-state index contributed by atoms with van der Waals surface area (Å²) in [6.07, 6.45) is 0. The van der Waals surface area contributed by atoms with Crippen molar-refractivity contribution in [3.63, 3.8) is 0 Å². The molecular formula is C29H26ClF2N5O. The van der Waals surface area contributed by atoms with Gasteiger partial charge in [0.05, 0.1) is 11.6 Å². The van der Waals surface area contributed by atoms with Crippen LogP contribution in [0.15, 0.2) is 65.5 Å². The van der Waals surface area contributed by atoms with Crippen LogP contribution in [0.25, 0.3) is 15.9 Å². The van der Waals surface area contributed by atoms with E-state index in [1.807, 2.05) is 6.92 Å². The molecule has 1 fully saturated rings. The lowest BCUT2D eigenvalue weighted by molar-refractivity contribution is 0.130. The maximum atomic E-state index is 13.8. The van der Waals surface area contributed by atoms with Crippen LogP contribution in [0.4, 0.5) is 20.3 Å². The molecule has 0 radical (unpaired) electrons. The molecule has 0 saturated carbocycles. The molecule has 9 heteroatoms. The number of hydrogen-bond acceptors (Lipinski definition) is 4. The standard InChI is InChI=1S/C29H26ClF2N5O/c1-17-16-37(28-25(30)29(38)35(4)23-13-14-24(33-3)34-26(23)28)18(2)15-36(17)27(19-5-9-21(31)10-6-19)20-7-11-22(32)12-8-20/h5-14,17-18,27H,15-16H2,1-2,4H3/t17-,18+/m1/s1. The number of aryl methyl sites for hydroxylation is 1. The Balaban J connectivity index is 1.58. The van der Waals surface area contributed by atoms with E-state index in [2.05, 4.69) is 26.6 Å². The van der Waals surface area contributed by atoms with E-state index in [1.54, 1.807) is 43.4 Å². The Morgan fingerprint density at radius 2 is 1.53 bits per heavy atom. The first kappa shape index (κ1) is 25.8. The molecular weight excluding hydrogens is 508 g/mol. The lowest BCUT2D eigenvalue weighted by Crippen LogP contribution is -2.57. The number of halogens is 3. The number of nitrogens with zero attached hydrogens (tertiary/aromatic N) is 5. The van der Waals surface area contributed by atoms with Crippen LogP contribution in [0.3, 0.4) is 0 Å². The molecule has 3 heterocycles. The minimum absolute atomic E-state index is 0.0365. The minimum atomic E-state index is -0.329. The van der Waals surface area contributed by atoms with Crippen molar-refractivity contribution >= 4 is 34.1 Å². The van der Waals surface area contributed by atoms with E-state index in [0.717, 1.165) is 11.1 Å². The molecule has 1 aliphatic heterocycles. The van der Waals surface area contributed by atoms with Gasteiger partial charge < -0.3 is 14.3 Å². The number of pyridine rings is 2. The first-order valence-electron chi connectivity index (χ1n) is 12.3. The monoisotopic (exact) mass is 533 g/mol.